The summed E-state index contributed by atoms with van der Waals surface area (Å²) in [6, 6.07) is 3.18. The monoisotopic (exact) mass is 257 g/mol. The van der Waals surface area contributed by atoms with E-state index in [0.29, 0.717) is 11.5 Å². The maximum absolute atomic E-state index is 12.4. The molecule has 0 spiro atoms. The summed E-state index contributed by atoms with van der Waals surface area (Å²) in [5.74, 6) is -0.110. The molecule has 1 heterocycles. The highest BCUT2D eigenvalue weighted by Crippen LogP contribution is 2.45. The van der Waals surface area contributed by atoms with E-state index in [-0.39, 0.29) is 33.3 Å². The molecule has 98 valence electrons. The van der Waals surface area contributed by atoms with Gasteiger partial charge in [0.25, 0.3) is 0 Å². The Morgan fingerprint density at radius 1 is 1.00 bits per heavy atom. The maximum atomic E-state index is 12.4. The molecule has 0 radical (unpaired) electrons. The first-order valence-electron chi connectivity index (χ1n) is 5.51. The minimum absolute atomic E-state index is 0.0593. The smallest absolute Gasteiger partial charge is 0.126 e. The van der Waals surface area contributed by atoms with Crippen molar-refractivity contribution in [2.75, 3.05) is 14.2 Å². The molecule has 2 aromatic carbocycles. The molecule has 0 atom stereocenters. The molecule has 3 rings (SSSR count). The van der Waals surface area contributed by atoms with Gasteiger partial charge >= 0.3 is 0 Å². The highest BCUT2D eigenvalue weighted by molar-refractivity contribution is 6.12. The van der Waals surface area contributed by atoms with Crippen molar-refractivity contribution >= 4 is 21.8 Å². The Kier molecular flexibility index (Phi) is 2.38. The summed E-state index contributed by atoms with van der Waals surface area (Å²) in [6.45, 7) is 0. The number of nitrogens with zero attached hydrogens (tertiary/aromatic N) is 2. The standard InChI is InChI=1S/C13H11N2O4/c1-18-6-3-4-7(19-2)9-8(6)12(16)10-11(13(9)17)15-5-14-10/h3-5H,1-2H3,(H2-,14,15,16,17)/q-1/p-2. The first-order valence-corrected chi connectivity index (χ1v) is 5.51. The third kappa shape index (κ3) is 1.40. The van der Waals surface area contributed by atoms with E-state index in [2.05, 4.69) is 9.97 Å². The zero-order valence-electron chi connectivity index (χ0n) is 10.3. The van der Waals surface area contributed by atoms with Crippen molar-refractivity contribution in [1.82, 2.24) is 9.97 Å². The fourth-order valence-electron chi connectivity index (χ4n) is 2.19. The van der Waals surface area contributed by atoms with E-state index in [4.69, 9.17) is 9.47 Å². The molecule has 1 aromatic heterocycles. The Morgan fingerprint density at radius 2 is 1.58 bits per heavy atom. The molecular weight excluding hydrogens is 248 g/mol. The number of hydrogen-bond donors (Lipinski definition) is 0. The number of methoxy groups -OCH3 is 2. The van der Waals surface area contributed by atoms with Crippen LogP contribution in [0.5, 0.6) is 23.0 Å². The molecule has 0 saturated heterocycles. The number of hydrogen-bond acceptors (Lipinski definition) is 5. The van der Waals surface area contributed by atoms with Gasteiger partial charge in [-0.1, -0.05) is 17.8 Å². The molecule has 0 aliphatic heterocycles. The van der Waals surface area contributed by atoms with Crippen LogP contribution in [0, 0.1) is 0 Å². The average Bonchev–Trinajstić information content (AvgIpc) is 2.93. The Hall–Kier alpha value is -2.63. The molecule has 6 nitrogen and oxygen atoms in total. The second-order valence-electron chi connectivity index (χ2n) is 3.95. The summed E-state index contributed by atoms with van der Waals surface area (Å²) < 4.78 is 10.3. The van der Waals surface area contributed by atoms with Gasteiger partial charge in [-0.15, -0.1) is 0 Å². The van der Waals surface area contributed by atoms with Gasteiger partial charge in [-0.3, -0.25) is 0 Å². The number of imidazole rings is 1. The van der Waals surface area contributed by atoms with Crippen molar-refractivity contribution in [2.45, 2.75) is 0 Å². The molecular formula is C13H9N2O4-3. The van der Waals surface area contributed by atoms with Crippen LogP contribution in [0.4, 0.5) is 0 Å². The topological polar surface area (TPSA) is 91.6 Å². The second-order valence-corrected chi connectivity index (χ2v) is 3.95. The summed E-state index contributed by atoms with van der Waals surface area (Å²) in [4.78, 5) is 7.68. The van der Waals surface area contributed by atoms with Crippen molar-refractivity contribution < 1.29 is 19.7 Å². The molecule has 0 amide bonds. The molecule has 19 heavy (non-hydrogen) atoms. The van der Waals surface area contributed by atoms with E-state index >= 15 is 0 Å². The minimum atomic E-state index is -0.377. The van der Waals surface area contributed by atoms with Crippen LogP contribution in [0.15, 0.2) is 18.5 Å². The van der Waals surface area contributed by atoms with Gasteiger partial charge < -0.3 is 29.7 Å². The molecule has 0 bridgehead atoms. The van der Waals surface area contributed by atoms with E-state index in [9.17, 15) is 10.2 Å². The molecule has 3 aromatic rings. The Morgan fingerprint density at radius 3 is 2.16 bits per heavy atom. The van der Waals surface area contributed by atoms with Crippen LogP contribution >= 0.6 is 0 Å². The summed E-state index contributed by atoms with van der Waals surface area (Å²) in [7, 11) is 2.87. The van der Waals surface area contributed by atoms with Gasteiger partial charge in [0.2, 0.25) is 0 Å². The third-order valence-corrected chi connectivity index (χ3v) is 3.05. The van der Waals surface area contributed by atoms with Crippen LogP contribution < -0.4 is 24.7 Å². The first kappa shape index (κ1) is 11.5. The van der Waals surface area contributed by atoms with Gasteiger partial charge in [-0.2, -0.15) is 0 Å². The average molecular weight is 257 g/mol. The van der Waals surface area contributed by atoms with Crippen molar-refractivity contribution in [3.8, 4) is 23.0 Å². The second kappa shape index (κ2) is 3.94. The highest BCUT2D eigenvalue weighted by Gasteiger charge is 2.10. The molecule has 0 fully saturated rings. The van der Waals surface area contributed by atoms with Crippen LogP contribution in [0.2, 0.25) is 0 Å². The SMILES string of the molecule is COc1ccc(OC)c2c([O-])c3[n-]cnc3c([O-])c12. The number of fused-ring (bicyclic) bond motifs is 2. The van der Waals surface area contributed by atoms with Crippen molar-refractivity contribution in [2.24, 2.45) is 0 Å². The fourth-order valence-corrected chi connectivity index (χ4v) is 2.19. The van der Waals surface area contributed by atoms with E-state index in [1.165, 1.54) is 20.5 Å². The van der Waals surface area contributed by atoms with Crippen LogP contribution in [0.3, 0.4) is 0 Å². The molecule has 0 aliphatic rings. The predicted molar refractivity (Wildman–Crippen MR) is 64.6 cm³/mol. The van der Waals surface area contributed by atoms with Crippen LogP contribution in [-0.2, 0) is 0 Å². The lowest BCUT2D eigenvalue weighted by Crippen LogP contribution is -2.02. The Bertz CT molecular complexity index is 716. The van der Waals surface area contributed by atoms with E-state index in [1.807, 2.05) is 0 Å². The largest absolute Gasteiger partial charge is 0.872 e. The van der Waals surface area contributed by atoms with Gasteiger partial charge in [0.05, 0.1) is 14.2 Å². The molecule has 0 saturated carbocycles. The highest BCUT2D eigenvalue weighted by atomic mass is 16.5. The summed E-state index contributed by atoms with van der Waals surface area (Å²) in [6.07, 6.45) is 1.20. The quantitative estimate of drug-likeness (QED) is 0.664. The lowest BCUT2D eigenvalue weighted by Gasteiger charge is -2.25. The van der Waals surface area contributed by atoms with Crippen LogP contribution in [0.1, 0.15) is 0 Å². The molecule has 0 unspecified atom stereocenters. The Balaban J connectivity index is 2.63. The molecule has 0 N–H and O–H groups in total. The zero-order valence-corrected chi connectivity index (χ0v) is 10.3. The summed E-state index contributed by atoms with van der Waals surface area (Å²) in [5.41, 5.74) is 0.119. The summed E-state index contributed by atoms with van der Waals surface area (Å²) >= 11 is 0. The summed E-state index contributed by atoms with van der Waals surface area (Å²) in [5, 5.41) is 25.1. The fraction of sp³-hybridized carbons (Fsp3) is 0.154. The maximum Gasteiger partial charge on any atom is 0.126 e. The molecule has 0 aliphatic carbocycles. The van der Waals surface area contributed by atoms with E-state index in [1.54, 1.807) is 12.1 Å². The number of aromatic nitrogens is 2. The first-order chi connectivity index (χ1) is 9.19. The van der Waals surface area contributed by atoms with E-state index in [0.717, 1.165) is 0 Å². The van der Waals surface area contributed by atoms with Crippen LogP contribution in [-0.4, -0.2) is 19.2 Å². The number of ether oxygens (including phenoxy) is 2. The third-order valence-electron chi connectivity index (χ3n) is 3.05. The minimum Gasteiger partial charge on any atom is -0.872 e. The van der Waals surface area contributed by atoms with Gasteiger partial charge in [0.15, 0.2) is 0 Å². The van der Waals surface area contributed by atoms with Gasteiger partial charge in [0, 0.05) is 10.8 Å². The van der Waals surface area contributed by atoms with Gasteiger partial charge in [-0.25, -0.2) is 0 Å². The van der Waals surface area contributed by atoms with Crippen LogP contribution in [0.25, 0.3) is 21.8 Å². The zero-order chi connectivity index (χ0) is 13.6. The Labute approximate surface area is 108 Å². The normalized spacial score (nSPS) is 11.1. The lowest BCUT2D eigenvalue weighted by molar-refractivity contribution is -0.268. The van der Waals surface area contributed by atoms with Crippen molar-refractivity contribution in [3.63, 3.8) is 0 Å². The van der Waals surface area contributed by atoms with Crippen molar-refractivity contribution in [1.29, 1.82) is 0 Å². The predicted octanol–water partition coefficient (Wildman–Crippen LogP) is 0.510. The van der Waals surface area contributed by atoms with Gasteiger partial charge in [-0.05, 0) is 23.2 Å². The molecule has 6 heteroatoms. The lowest BCUT2D eigenvalue weighted by atomic mass is 10.0. The number of benzene rings is 2. The van der Waals surface area contributed by atoms with Crippen molar-refractivity contribution in [3.05, 3.63) is 18.5 Å². The number of rotatable bonds is 2. The van der Waals surface area contributed by atoms with E-state index < -0.39 is 0 Å². The van der Waals surface area contributed by atoms with Gasteiger partial charge in [0.1, 0.15) is 11.5 Å².